The van der Waals surface area contributed by atoms with E-state index in [2.05, 4.69) is 0 Å². The monoisotopic (exact) mass is 358 g/mol. The quantitative estimate of drug-likeness (QED) is 0.617. The van der Waals surface area contributed by atoms with Gasteiger partial charge in [-0.2, -0.15) is 0 Å². The van der Waals surface area contributed by atoms with Crippen LogP contribution in [-0.4, -0.2) is 34.1 Å². The molecule has 0 amide bonds. The van der Waals surface area contributed by atoms with Gasteiger partial charge in [0.2, 0.25) is 0 Å². The highest BCUT2D eigenvalue weighted by atomic mass is 16.5. The minimum Gasteiger partial charge on any atom is -0.478 e. The second-order valence-electron chi connectivity index (χ2n) is 5.22. The van der Waals surface area contributed by atoms with Crippen molar-refractivity contribution in [2.75, 3.05) is 0 Å². The first-order valence-corrected chi connectivity index (χ1v) is 7.31. The van der Waals surface area contributed by atoms with Crippen molar-refractivity contribution >= 4 is 23.9 Å². The van der Waals surface area contributed by atoms with Gasteiger partial charge < -0.3 is 19.7 Å². The fourth-order valence-corrected chi connectivity index (χ4v) is 2.24. The molecule has 8 nitrogen and oxygen atoms in total. The van der Waals surface area contributed by atoms with E-state index in [0.717, 1.165) is 13.8 Å². The van der Waals surface area contributed by atoms with Crippen molar-refractivity contribution in [1.82, 2.24) is 0 Å². The number of hydrogen-bond acceptors (Lipinski definition) is 6. The smallest absolute Gasteiger partial charge is 0.339 e. The van der Waals surface area contributed by atoms with Gasteiger partial charge in [0.05, 0.1) is 0 Å². The predicted molar refractivity (Wildman–Crippen MR) is 88.4 cm³/mol. The maximum atomic E-state index is 11.4. The van der Waals surface area contributed by atoms with Crippen LogP contribution in [0, 0.1) is 0 Å². The Morgan fingerprint density at radius 3 is 1.73 bits per heavy atom. The summed E-state index contributed by atoms with van der Waals surface area (Å²) in [5.74, 6) is -4.21. The maximum absolute atomic E-state index is 11.4. The molecule has 0 spiro atoms. The van der Waals surface area contributed by atoms with Crippen LogP contribution in [0.15, 0.2) is 36.4 Å². The molecule has 0 aromatic heterocycles. The second-order valence-corrected chi connectivity index (χ2v) is 5.22. The van der Waals surface area contributed by atoms with Gasteiger partial charge in [0.25, 0.3) is 0 Å². The number of rotatable bonds is 5. The van der Waals surface area contributed by atoms with E-state index in [-0.39, 0.29) is 22.6 Å². The molecule has 0 aliphatic heterocycles. The average molecular weight is 358 g/mol. The third-order valence-electron chi connectivity index (χ3n) is 3.26. The van der Waals surface area contributed by atoms with Gasteiger partial charge in [-0.25, -0.2) is 9.59 Å². The highest BCUT2D eigenvalue weighted by Crippen LogP contribution is 2.31. The predicted octanol–water partition coefficient (Wildman–Crippen LogP) is 2.60. The van der Waals surface area contributed by atoms with Crippen LogP contribution < -0.4 is 9.47 Å². The SMILES string of the molecule is CC(=O)Oc1cc(-c2ccc(OC(C)=O)c(C(=O)O)c2)ccc1C(=O)O. The van der Waals surface area contributed by atoms with Crippen LogP contribution in [0.3, 0.4) is 0 Å². The molecule has 0 unspecified atom stereocenters. The molecule has 2 aromatic rings. The van der Waals surface area contributed by atoms with E-state index < -0.39 is 23.9 Å². The molecule has 0 saturated carbocycles. The third kappa shape index (κ3) is 4.23. The third-order valence-corrected chi connectivity index (χ3v) is 3.26. The van der Waals surface area contributed by atoms with Gasteiger partial charge >= 0.3 is 23.9 Å². The lowest BCUT2D eigenvalue weighted by molar-refractivity contribution is -0.132. The molecule has 134 valence electrons. The molecular formula is C18H14O8. The van der Waals surface area contributed by atoms with Crippen molar-refractivity contribution in [2.24, 2.45) is 0 Å². The Balaban J connectivity index is 2.55. The molecule has 0 bridgehead atoms. The Labute approximate surface area is 147 Å². The number of carboxylic acid groups (broad SMARTS) is 2. The molecule has 8 heteroatoms. The molecule has 26 heavy (non-hydrogen) atoms. The molecule has 0 aliphatic carbocycles. The van der Waals surface area contributed by atoms with E-state index >= 15 is 0 Å². The van der Waals surface area contributed by atoms with Gasteiger partial charge in [-0.3, -0.25) is 9.59 Å². The Hall–Kier alpha value is -3.68. The number of ether oxygens (including phenoxy) is 2. The van der Waals surface area contributed by atoms with Gasteiger partial charge in [0.1, 0.15) is 22.6 Å². The summed E-state index contributed by atoms with van der Waals surface area (Å²) in [5.41, 5.74) is 0.375. The fraction of sp³-hybridized carbons (Fsp3) is 0.111. The lowest BCUT2D eigenvalue weighted by Crippen LogP contribution is -2.08. The summed E-state index contributed by atoms with van der Waals surface area (Å²) in [7, 11) is 0. The first-order valence-electron chi connectivity index (χ1n) is 7.31. The number of esters is 2. The van der Waals surface area contributed by atoms with Crippen LogP contribution >= 0.6 is 0 Å². The second kappa shape index (κ2) is 7.47. The first kappa shape index (κ1) is 18.7. The molecule has 0 saturated heterocycles. The van der Waals surface area contributed by atoms with Gasteiger partial charge in [-0.15, -0.1) is 0 Å². The standard InChI is InChI=1S/C18H14O8/c1-9(19)25-15-6-4-11(7-14(15)18(23)24)12-3-5-13(17(21)22)16(8-12)26-10(2)20/h3-8H,1-2H3,(H,21,22)(H,23,24). The van der Waals surface area contributed by atoms with Crippen LogP contribution in [0.2, 0.25) is 0 Å². The summed E-state index contributed by atoms with van der Waals surface area (Å²) in [4.78, 5) is 44.9. The number of aromatic carboxylic acids is 2. The first-order chi connectivity index (χ1) is 12.2. The zero-order chi connectivity index (χ0) is 19.4. The summed E-state index contributed by atoms with van der Waals surface area (Å²) < 4.78 is 9.78. The summed E-state index contributed by atoms with van der Waals surface area (Å²) in [5, 5.41) is 18.5. The number of hydrogen-bond donors (Lipinski definition) is 2. The van der Waals surface area contributed by atoms with Crippen LogP contribution in [0.5, 0.6) is 11.5 Å². The van der Waals surface area contributed by atoms with Crippen LogP contribution in [0.1, 0.15) is 34.6 Å². The van der Waals surface area contributed by atoms with Gasteiger partial charge in [0.15, 0.2) is 0 Å². The molecule has 0 radical (unpaired) electrons. The largest absolute Gasteiger partial charge is 0.478 e. The van der Waals surface area contributed by atoms with E-state index in [9.17, 15) is 24.3 Å². The van der Waals surface area contributed by atoms with Crippen molar-refractivity contribution in [2.45, 2.75) is 13.8 Å². The fourth-order valence-electron chi connectivity index (χ4n) is 2.24. The van der Waals surface area contributed by atoms with Crippen molar-refractivity contribution in [3.63, 3.8) is 0 Å². The Bertz CT molecular complexity index is 913. The Morgan fingerprint density at radius 2 is 1.19 bits per heavy atom. The topological polar surface area (TPSA) is 127 Å². The summed E-state index contributed by atoms with van der Waals surface area (Å²) in [6.45, 7) is 2.28. The van der Waals surface area contributed by atoms with Crippen LogP contribution in [0.4, 0.5) is 0 Å². The zero-order valence-corrected chi connectivity index (χ0v) is 13.8. The molecule has 0 heterocycles. The normalized spacial score (nSPS) is 10.1. The van der Waals surface area contributed by atoms with Crippen molar-refractivity contribution in [3.05, 3.63) is 47.5 Å². The molecule has 0 aliphatic rings. The summed E-state index contributed by atoms with van der Waals surface area (Å²) in [6.07, 6.45) is 0. The summed E-state index contributed by atoms with van der Waals surface area (Å²) in [6, 6.07) is 8.10. The molecule has 2 rings (SSSR count). The summed E-state index contributed by atoms with van der Waals surface area (Å²) >= 11 is 0. The van der Waals surface area contributed by atoms with Crippen molar-refractivity contribution < 1.29 is 38.9 Å². The molecular weight excluding hydrogens is 344 g/mol. The minimum absolute atomic E-state index is 0.115. The Morgan fingerprint density at radius 1 is 0.692 bits per heavy atom. The lowest BCUT2D eigenvalue weighted by Gasteiger charge is -2.11. The average Bonchev–Trinajstić information content (AvgIpc) is 2.53. The number of carboxylic acids is 2. The number of carbonyl (C=O) groups excluding carboxylic acids is 2. The van der Waals surface area contributed by atoms with Gasteiger partial charge in [-0.1, -0.05) is 12.1 Å². The Kier molecular flexibility index (Phi) is 5.36. The van der Waals surface area contributed by atoms with E-state index in [1.165, 1.54) is 36.4 Å². The van der Waals surface area contributed by atoms with Gasteiger partial charge in [0, 0.05) is 13.8 Å². The van der Waals surface area contributed by atoms with Crippen LogP contribution in [-0.2, 0) is 9.59 Å². The highest BCUT2D eigenvalue weighted by molar-refractivity contribution is 5.95. The number of benzene rings is 2. The maximum Gasteiger partial charge on any atom is 0.339 e. The zero-order valence-electron chi connectivity index (χ0n) is 13.8. The van der Waals surface area contributed by atoms with Crippen molar-refractivity contribution in [3.8, 4) is 22.6 Å². The van der Waals surface area contributed by atoms with E-state index in [0.29, 0.717) is 11.1 Å². The van der Waals surface area contributed by atoms with Gasteiger partial charge in [-0.05, 0) is 35.4 Å². The lowest BCUT2D eigenvalue weighted by atomic mass is 10.0. The van der Waals surface area contributed by atoms with Crippen LogP contribution in [0.25, 0.3) is 11.1 Å². The molecule has 2 N–H and O–H groups in total. The molecule has 0 fully saturated rings. The van der Waals surface area contributed by atoms with E-state index in [4.69, 9.17) is 14.6 Å². The molecule has 0 atom stereocenters. The van der Waals surface area contributed by atoms with E-state index in [1.54, 1.807) is 0 Å². The van der Waals surface area contributed by atoms with E-state index in [1.807, 2.05) is 0 Å². The minimum atomic E-state index is -1.30. The van der Waals surface area contributed by atoms with Crippen molar-refractivity contribution in [1.29, 1.82) is 0 Å². The molecule has 2 aromatic carbocycles. The number of carbonyl (C=O) groups is 4. The highest BCUT2D eigenvalue weighted by Gasteiger charge is 2.17.